The molecule has 1 N–H and O–H groups in total. The van der Waals surface area contributed by atoms with Gasteiger partial charge in [-0.05, 0) is 43.7 Å². The fourth-order valence-electron chi connectivity index (χ4n) is 2.13. The molecule has 1 aromatic heterocycles. The highest BCUT2D eigenvalue weighted by molar-refractivity contribution is 5.45. The molecule has 1 unspecified atom stereocenters. The van der Waals surface area contributed by atoms with Crippen molar-refractivity contribution in [2.24, 2.45) is 0 Å². The average Bonchev–Trinajstić information content (AvgIpc) is 3.03. The maximum Gasteiger partial charge on any atom is 0.231 e. The van der Waals surface area contributed by atoms with Crippen molar-refractivity contribution in [3.05, 3.63) is 47.4 Å². The Morgan fingerprint density at radius 3 is 2.79 bits per heavy atom. The number of aryl methyl sites for hydroxylation is 1. The maximum absolute atomic E-state index is 5.54. The van der Waals surface area contributed by atoms with Gasteiger partial charge < -0.3 is 19.2 Å². The Morgan fingerprint density at radius 1 is 1.16 bits per heavy atom. The van der Waals surface area contributed by atoms with E-state index in [0.717, 1.165) is 23.0 Å². The lowest BCUT2D eigenvalue weighted by Gasteiger charge is -2.13. The number of furan rings is 1. The van der Waals surface area contributed by atoms with Crippen molar-refractivity contribution in [1.29, 1.82) is 0 Å². The molecule has 2 heterocycles. The van der Waals surface area contributed by atoms with Gasteiger partial charge in [-0.1, -0.05) is 6.07 Å². The summed E-state index contributed by atoms with van der Waals surface area (Å²) in [5.41, 5.74) is 1.17. The molecule has 1 aliphatic heterocycles. The van der Waals surface area contributed by atoms with Crippen LogP contribution in [0.2, 0.25) is 0 Å². The molecule has 4 heteroatoms. The zero-order valence-electron chi connectivity index (χ0n) is 11.1. The van der Waals surface area contributed by atoms with Crippen molar-refractivity contribution in [3.63, 3.8) is 0 Å². The Bertz CT molecular complexity index is 577. The molecule has 0 aliphatic carbocycles. The number of fused-ring (bicyclic) bond motifs is 1. The molecule has 0 radical (unpaired) electrons. The van der Waals surface area contributed by atoms with Crippen molar-refractivity contribution < 1.29 is 13.9 Å². The summed E-state index contributed by atoms with van der Waals surface area (Å²) in [6, 6.07) is 10.2. The second-order valence-corrected chi connectivity index (χ2v) is 4.73. The number of benzene rings is 1. The molecule has 0 amide bonds. The third kappa shape index (κ3) is 2.58. The minimum absolute atomic E-state index is 0.222. The van der Waals surface area contributed by atoms with Crippen molar-refractivity contribution >= 4 is 0 Å². The van der Waals surface area contributed by atoms with Gasteiger partial charge in [0.1, 0.15) is 11.5 Å². The van der Waals surface area contributed by atoms with Gasteiger partial charge in [0, 0.05) is 6.04 Å². The van der Waals surface area contributed by atoms with E-state index in [9.17, 15) is 0 Å². The molecular weight excluding hydrogens is 242 g/mol. The van der Waals surface area contributed by atoms with Crippen molar-refractivity contribution in [2.45, 2.75) is 26.4 Å². The molecule has 3 rings (SSSR count). The summed E-state index contributed by atoms with van der Waals surface area (Å²) in [7, 11) is 0. The van der Waals surface area contributed by atoms with E-state index in [2.05, 4.69) is 18.3 Å². The van der Waals surface area contributed by atoms with Gasteiger partial charge in [0.2, 0.25) is 6.79 Å². The first-order chi connectivity index (χ1) is 9.22. The van der Waals surface area contributed by atoms with E-state index in [4.69, 9.17) is 13.9 Å². The van der Waals surface area contributed by atoms with E-state index in [1.165, 1.54) is 5.56 Å². The predicted octanol–water partition coefficient (Wildman–Crippen LogP) is 3.17. The molecular formula is C15H17NO3. The Labute approximate surface area is 112 Å². The van der Waals surface area contributed by atoms with E-state index in [-0.39, 0.29) is 6.04 Å². The molecule has 1 aromatic carbocycles. The van der Waals surface area contributed by atoms with Gasteiger partial charge in [-0.2, -0.15) is 0 Å². The number of nitrogens with one attached hydrogen (secondary N) is 1. The first-order valence-electron chi connectivity index (χ1n) is 6.40. The van der Waals surface area contributed by atoms with Crippen LogP contribution in [-0.4, -0.2) is 6.79 Å². The zero-order valence-corrected chi connectivity index (χ0v) is 11.1. The van der Waals surface area contributed by atoms with E-state index < -0.39 is 0 Å². The third-order valence-corrected chi connectivity index (χ3v) is 3.28. The number of rotatable bonds is 4. The smallest absolute Gasteiger partial charge is 0.231 e. The summed E-state index contributed by atoms with van der Waals surface area (Å²) in [6.07, 6.45) is 0. The standard InChI is InChI=1S/C15H17NO3/c1-10-3-5-13(19-10)8-16-11(2)12-4-6-14-15(7-12)18-9-17-14/h3-7,11,16H,8-9H2,1-2H3. The van der Waals surface area contributed by atoms with Gasteiger partial charge >= 0.3 is 0 Å². The van der Waals surface area contributed by atoms with Gasteiger partial charge in [0.25, 0.3) is 0 Å². The zero-order chi connectivity index (χ0) is 13.2. The normalized spacial score (nSPS) is 14.6. The van der Waals surface area contributed by atoms with Crippen LogP contribution in [0.3, 0.4) is 0 Å². The highest BCUT2D eigenvalue weighted by Gasteiger charge is 2.15. The van der Waals surface area contributed by atoms with Gasteiger partial charge in [-0.25, -0.2) is 0 Å². The first kappa shape index (κ1) is 12.1. The predicted molar refractivity (Wildman–Crippen MR) is 71.3 cm³/mol. The van der Waals surface area contributed by atoms with Crippen LogP contribution < -0.4 is 14.8 Å². The van der Waals surface area contributed by atoms with E-state index in [1.54, 1.807) is 0 Å². The van der Waals surface area contributed by atoms with Gasteiger partial charge in [-0.3, -0.25) is 0 Å². The van der Waals surface area contributed by atoms with E-state index in [1.807, 2.05) is 31.2 Å². The lowest BCUT2D eigenvalue weighted by molar-refractivity contribution is 0.174. The molecule has 0 spiro atoms. The van der Waals surface area contributed by atoms with Gasteiger partial charge in [0.05, 0.1) is 6.54 Å². The van der Waals surface area contributed by atoms with Crippen LogP contribution in [0.25, 0.3) is 0 Å². The molecule has 1 atom stereocenters. The molecule has 1 aliphatic rings. The molecule has 0 saturated carbocycles. The van der Waals surface area contributed by atoms with Crippen molar-refractivity contribution in [2.75, 3.05) is 6.79 Å². The minimum Gasteiger partial charge on any atom is -0.465 e. The van der Waals surface area contributed by atoms with E-state index >= 15 is 0 Å². The summed E-state index contributed by atoms with van der Waals surface area (Å²) in [5.74, 6) is 3.52. The topological polar surface area (TPSA) is 43.6 Å². The molecule has 2 aromatic rings. The van der Waals surface area contributed by atoms with Crippen molar-refractivity contribution in [1.82, 2.24) is 5.32 Å². The molecule has 4 nitrogen and oxygen atoms in total. The van der Waals surface area contributed by atoms with Crippen LogP contribution in [0, 0.1) is 6.92 Å². The summed E-state index contributed by atoms with van der Waals surface area (Å²) in [4.78, 5) is 0. The molecule has 19 heavy (non-hydrogen) atoms. The van der Waals surface area contributed by atoms with Crippen LogP contribution in [0.1, 0.15) is 30.0 Å². The Kier molecular flexibility index (Phi) is 3.17. The Balaban J connectivity index is 1.65. The second kappa shape index (κ2) is 4.97. The largest absolute Gasteiger partial charge is 0.465 e. The molecule has 100 valence electrons. The fourth-order valence-corrected chi connectivity index (χ4v) is 2.13. The minimum atomic E-state index is 0.222. The van der Waals surface area contributed by atoms with Gasteiger partial charge in [0.15, 0.2) is 11.5 Å². The molecule has 0 fully saturated rings. The van der Waals surface area contributed by atoms with Crippen molar-refractivity contribution in [3.8, 4) is 11.5 Å². The first-order valence-corrected chi connectivity index (χ1v) is 6.40. The Morgan fingerprint density at radius 2 is 2.00 bits per heavy atom. The van der Waals surface area contributed by atoms with Crippen LogP contribution in [0.5, 0.6) is 11.5 Å². The maximum atomic E-state index is 5.54. The molecule has 0 bridgehead atoms. The second-order valence-electron chi connectivity index (χ2n) is 4.73. The van der Waals surface area contributed by atoms with Crippen LogP contribution in [0.4, 0.5) is 0 Å². The summed E-state index contributed by atoms with van der Waals surface area (Å²) in [5, 5.41) is 3.43. The SMILES string of the molecule is Cc1ccc(CNC(C)c2ccc3c(c2)OCO3)o1. The lowest BCUT2D eigenvalue weighted by atomic mass is 10.1. The molecule has 0 saturated heterocycles. The summed E-state index contributed by atoms with van der Waals surface area (Å²) >= 11 is 0. The monoisotopic (exact) mass is 259 g/mol. The highest BCUT2D eigenvalue weighted by Crippen LogP contribution is 2.34. The number of hydrogen-bond donors (Lipinski definition) is 1. The van der Waals surface area contributed by atoms with Crippen LogP contribution in [-0.2, 0) is 6.54 Å². The van der Waals surface area contributed by atoms with Crippen LogP contribution >= 0.6 is 0 Å². The summed E-state index contributed by atoms with van der Waals surface area (Å²) in [6.45, 7) is 5.09. The quantitative estimate of drug-likeness (QED) is 0.916. The lowest BCUT2D eigenvalue weighted by Crippen LogP contribution is -2.17. The highest BCUT2D eigenvalue weighted by atomic mass is 16.7. The third-order valence-electron chi connectivity index (χ3n) is 3.28. The fraction of sp³-hybridized carbons (Fsp3) is 0.333. The Hall–Kier alpha value is -1.94. The number of hydrogen-bond acceptors (Lipinski definition) is 4. The van der Waals surface area contributed by atoms with Crippen LogP contribution in [0.15, 0.2) is 34.7 Å². The van der Waals surface area contributed by atoms with Gasteiger partial charge in [-0.15, -0.1) is 0 Å². The number of ether oxygens (including phenoxy) is 2. The summed E-state index contributed by atoms with van der Waals surface area (Å²) < 4.78 is 16.2. The van der Waals surface area contributed by atoms with E-state index in [0.29, 0.717) is 13.3 Å². The average molecular weight is 259 g/mol.